The first-order valence-corrected chi connectivity index (χ1v) is 9.00. The first kappa shape index (κ1) is 18.7. The maximum Gasteiger partial charge on any atom is 0.275 e. The Morgan fingerprint density at radius 1 is 1.40 bits per heavy atom. The number of carbonyl (C=O) groups is 1. The second kappa shape index (κ2) is 7.11. The second-order valence-electron chi connectivity index (χ2n) is 4.97. The van der Waals surface area contributed by atoms with Crippen molar-refractivity contribution < 1.29 is 18.1 Å². The van der Waals surface area contributed by atoms with Crippen molar-refractivity contribution in [3.8, 4) is 0 Å². The number of rotatable bonds is 5. The summed E-state index contributed by atoms with van der Waals surface area (Å²) in [7, 11) is -3.72. The van der Waals surface area contributed by atoms with Gasteiger partial charge in [-0.3, -0.25) is 14.9 Å². The lowest BCUT2D eigenvalue weighted by atomic mass is 10.2. The van der Waals surface area contributed by atoms with E-state index in [0.717, 1.165) is 6.20 Å². The number of nitro benzene ring substituents is 1. The maximum absolute atomic E-state index is 12.3. The molecule has 2 rings (SSSR count). The molecule has 0 saturated heterocycles. The molecular formula is C14H13ClN4O5S. The number of carbonyl (C=O) groups excluding carboxylic acids is 1. The third-order valence-corrected chi connectivity index (χ3v) is 5.05. The highest BCUT2D eigenvalue weighted by atomic mass is 35.5. The summed E-state index contributed by atoms with van der Waals surface area (Å²) in [6.45, 7) is 2.98. The van der Waals surface area contributed by atoms with Gasteiger partial charge in [0.15, 0.2) is 5.69 Å². The minimum atomic E-state index is -3.72. The fourth-order valence-electron chi connectivity index (χ4n) is 1.86. The van der Waals surface area contributed by atoms with Gasteiger partial charge in [0.1, 0.15) is 0 Å². The lowest BCUT2D eigenvalue weighted by molar-refractivity contribution is -0.385. The van der Waals surface area contributed by atoms with Crippen LogP contribution in [0.4, 0.5) is 11.4 Å². The van der Waals surface area contributed by atoms with E-state index in [9.17, 15) is 23.3 Å². The number of aryl methyl sites for hydroxylation is 1. The van der Waals surface area contributed by atoms with Crippen LogP contribution in [-0.4, -0.2) is 35.0 Å². The van der Waals surface area contributed by atoms with Crippen molar-refractivity contribution in [3.05, 3.63) is 50.8 Å². The van der Waals surface area contributed by atoms with Crippen LogP contribution in [0.1, 0.15) is 23.0 Å². The van der Waals surface area contributed by atoms with Crippen LogP contribution in [0.25, 0.3) is 0 Å². The summed E-state index contributed by atoms with van der Waals surface area (Å²) in [6.07, 6.45) is 1.02. The minimum absolute atomic E-state index is 0.144. The van der Waals surface area contributed by atoms with E-state index in [-0.39, 0.29) is 27.8 Å². The molecular weight excluding hydrogens is 372 g/mol. The first-order valence-electron chi connectivity index (χ1n) is 6.97. The number of sulfone groups is 1. The van der Waals surface area contributed by atoms with Crippen LogP contribution in [0.5, 0.6) is 0 Å². The largest absolute Gasteiger partial charge is 0.320 e. The highest BCUT2D eigenvalue weighted by Crippen LogP contribution is 2.23. The Balaban J connectivity index is 2.37. The van der Waals surface area contributed by atoms with Crippen molar-refractivity contribution in [3.63, 3.8) is 0 Å². The number of benzene rings is 1. The number of hydrogen-bond acceptors (Lipinski definition) is 7. The minimum Gasteiger partial charge on any atom is -0.320 e. The molecule has 1 amide bonds. The first-order chi connectivity index (χ1) is 11.7. The van der Waals surface area contributed by atoms with Crippen LogP contribution in [-0.2, 0) is 9.84 Å². The molecule has 0 fully saturated rings. The van der Waals surface area contributed by atoms with Gasteiger partial charge in [0, 0.05) is 17.3 Å². The van der Waals surface area contributed by atoms with Crippen LogP contribution < -0.4 is 5.32 Å². The van der Waals surface area contributed by atoms with E-state index in [2.05, 4.69) is 15.3 Å². The van der Waals surface area contributed by atoms with E-state index < -0.39 is 25.8 Å². The normalized spacial score (nSPS) is 11.2. The Morgan fingerprint density at radius 2 is 2.08 bits per heavy atom. The van der Waals surface area contributed by atoms with Crippen molar-refractivity contribution >= 4 is 38.7 Å². The Bertz CT molecular complexity index is 962. The quantitative estimate of drug-likeness (QED) is 0.475. The van der Waals surface area contributed by atoms with E-state index >= 15 is 0 Å². The van der Waals surface area contributed by atoms with Gasteiger partial charge in [-0.25, -0.2) is 18.4 Å². The molecule has 0 radical (unpaired) electrons. The average Bonchev–Trinajstić information content (AvgIpc) is 2.56. The van der Waals surface area contributed by atoms with Gasteiger partial charge >= 0.3 is 0 Å². The summed E-state index contributed by atoms with van der Waals surface area (Å²) < 4.78 is 23.7. The molecule has 0 bridgehead atoms. The fraction of sp³-hybridized carbons (Fsp3) is 0.214. The van der Waals surface area contributed by atoms with Crippen LogP contribution in [0.15, 0.2) is 29.6 Å². The van der Waals surface area contributed by atoms with E-state index in [0.29, 0.717) is 5.56 Å². The van der Waals surface area contributed by atoms with E-state index in [1.807, 2.05) is 0 Å². The Labute approximate surface area is 148 Å². The number of amides is 1. The predicted molar refractivity (Wildman–Crippen MR) is 90.6 cm³/mol. The summed E-state index contributed by atoms with van der Waals surface area (Å²) in [5.41, 5.74) is 0.0732. The second-order valence-corrected chi connectivity index (χ2v) is 7.54. The highest BCUT2D eigenvalue weighted by molar-refractivity contribution is 7.91. The van der Waals surface area contributed by atoms with E-state index in [1.165, 1.54) is 25.1 Å². The number of aromatic nitrogens is 2. The molecule has 9 nitrogen and oxygen atoms in total. The Morgan fingerprint density at radius 3 is 2.68 bits per heavy atom. The van der Waals surface area contributed by atoms with Gasteiger partial charge in [0.05, 0.1) is 21.9 Å². The zero-order valence-corrected chi connectivity index (χ0v) is 14.8. The zero-order valence-electron chi connectivity index (χ0n) is 13.2. The molecule has 1 N–H and O–H groups in total. The van der Waals surface area contributed by atoms with E-state index in [4.69, 9.17) is 11.6 Å². The number of hydrogen-bond donors (Lipinski definition) is 1. The van der Waals surface area contributed by atoms with Gasteiger partial charge in [0.2, 0.25) is 15.0 Å². The van der Waals surface area contributed by atoms with Crippen LogP contribution in [0, 0.1) is 17.0 Å². The lowest BCUT2D eigenvalue weighted by Crippen LogP contribution is -2.18. The molecule has 132 valence electrons. The van der Waals surface area contributed by atoms with Crippen molar-refractivity contribution in [1.82, 2.24) is 9.97 Å². The third-order valence-electron chi connectivity index (χ3n) is 3.26. The molecule has 1 aromatic heterocycles. The zero-order chi connectivity index (χ0) is 18.8. The maximum atomic E-state index is 12.3. The number of nitro groups is 1. The molecule has 2 aromatic rings. The number of anilines is 1. The van der Waals surface area contributed by atoms with Crippen molar-refractivity contribution in [2.75, 3.05) is 11.1 Å². The average molecular weight is 385 g/mol. The number of halogens is 1. The molecule has 0 aliphatic carbocycles. The van der Waals surface area contributed by atoms with Crippen molar-refractivity contribution in [1.29, 1.82) is 0 Å². The van der Waals surface area contributed by atoms with Gasteiger partial charge < -0.3 is 5.32 Å². The van der Waals surface area contributed by atoms with Gasteiger partial charge in [-0.2, -0.15) is 0 Å². The van der Waals surface area contributed by atoms with Crippen molar-refractivity contribution in [2.45, 2.75) is 19.0 Å². The molecule has 0 aliphatic heterocycles. The highest BCUT2D eigenvalue weighted by Gasteiger charge is 2.21. The molecule has 0 atom stereocenters. The topological polar surface area (TPSA) is 132 Å². The fourth-order valence-corrected chi connectivity index (χ4v) is 2.74. The number of nitrogens with one attached hydrogen (secondary N) is 1. The van der Waals surface area contributed by atoms with Crippen LogP contribution in [0.3, 0.4) is 0 Å². The smallest absolute Gasteiger partial charge is 0.275 e. The molecule has 0 unspecified atom stereocenters. The molecule has 1 heterocycles. The molecule has 0 spiro atoms. The van der Waals surface area contributed by atoms with Crippen LogP contribution >= 0.6 is 11.6 Å². The molecule has 0 aliphatic rings. The third kappa shape index (κ3) is 4.09. The molecule has 1 aromatic carbocycles. The molecule has 11 heteroatoms. The van der Waals surface area contributed by atoms with Gasteiger partial charge in [0.25, 0.3) is 11.6 Å². The standard InChI is InChI=1S/C14H13ClN4O5S/c1-3-25(23,24)14-16-7-10(15)12(18-14)13(20)17-9-5-4-8(2)11(6-9)19(21)22/h4-7H,3H2,1-2H3,(H,17,20). The summed E-state index contributed by atoms with van der Waals surface area (Å²) >= 11 is 5.87. The van der Waals surface area contributed by atoms with E-state index in [1.54, 1.807) is 6.92 Å². The van der Waals surface area contributed by atoms with Gasteiger partial charge in [-0.15, -0.1) is 0 Å². The predicted octanol–water partition coefficient (Wildman–Crippen LogP) is 2.39. The lowest BCUT2D eigenvalue weighted by Gasteiger charge is -2.08. The molecule has 0 saturated carbocycles. The summed E-state index contributed by atoms with van der Waals surface area (Å²) in [5.74, 6) is -1.04. The van der Waals surface area contributed by atoms with Crippen molar-refractivity contribution in [2.24, 2.45) is 0 Å². The summed E-state index contributed by atoms with van der Waals surface area (Å²) in [4.78, 5) is 30.0. The Kier molecular flexibility index (Phi) is 5.33. The monoisotopic (exact) mass is 384 g/mol. The van der Waals surface area contributed by atoms with Crippen LogP contribution in [0.2, 0.25) is 5.02 Å². The number of nitrogens with zero attached hydrogens (tertiary/aromatic N) is 3. The van der Waals surface area contributed by atoms with Gasteiger partial charge in [-0.05, 0) is 13.0 Å². The Hall–Kier alpha value is -2.59. The molecule has 25 heavy (non-hydrogen) atoms. The summed E-state index contributed by atoms with van der Waals surface area (Å²) in [6, 6.07) is 4.13. The SMILES string of the molecule is CCS(=O)(=O)c1ncc(Cl)c(C(=O)Nc2ccc(C)c([N+](=O)[O-])c2)n1. The van der Waals surface area contributed by atoms with Gasteiger partial charge in [-0.1, -0.05) is 24.6 Å². The summed E-state index contributed by atoms with van der Waals surface area (Å²) in [5, 5.41) is 12.7.